The van der Waals surface area contributed by atoms with Gasteiger partial charge >= 0.3 is 0 Å². The van der Waals surface area contributed by atoms with E-state index in [2.05, 4.69) is 37.2 Å². The Kier molecular flexibility index (Phi) is 32.1. The highest BCUT2D eigenvalue weighted by Gasteiger charge is 2.43. The molecule has 5 rings (SSSR count). The van der Waals surface area contributed by atoms with Crippen molar-refractivity contribution in [3.63, 3.8) is 0 Å². The molecule has 0 spiro atoms. The van der Waals surface area contributed by atoms with E-state index in [0.717, 1.165) is 34.0 Å². The fourth-order valence-corrected chi connectivity index (χ4v) is 12.8. The summed E-state index contributed by atoms with van der Waals surface area (Å²) in [4.78, 5) is 199. The van der Waals surface area contributed by atoms with E-state index >= 15 is 19.2 Å². The lowest BCUT2D eigenvalue weighted by Crippen LogP contribution is -2.62. The Morgan fingerprint density at radius 2 is 1.05 bits per heavy atom. The predicted octanol–water partition coefficient (Wildman–Crippen LogP) is 2.12. The van der Waals surface area contributed by atoms with Gasteiger partial charge in [-0.25, -0.2) is 0 Å². The predicted molar refractivity (Wildman–Crippen MR) is 384 cm³/mol. The van der Waals surface area contributed by atoms with Crippen LogP contribution in [0.1, 0.15) is 131 Å². The van der Waals surface area contributed by atoms with Crippen LogP contribution in [0.25, 0.3) is 0 Å². The lowest BCUT2D eigenvalue weighted by Gasteiger charge is -2.37. The van der Waals surface area contributed by atoms with Crippen LogP contribution in [0.2, 0.25) is 0 Å². The Labute approximate surface area is 601 Å². The molecular weight excluding hydrogens is 1310 g/mol. The van der Waals surface area contributed by atoms with Crippen LogP contribution in [-0.2, 0) is 81.6 Å². The summed E-state index contributed by atoms with van der Waals surface area (Å²) in [6, 6.07) is 10.5. The second kappa shape index (κ2) is 39.2. The number of likely N-dealkylation sites (tertiary alicyclic amines) is 1. The number of rotatable bonds is 18. The fourth-order valence-electron chi connectivity index (χ4n) is 12.8. The van der Waals surface area contributed by atoms with Gasteiger partial charge in [0.05, 0.1) is 19.1 Å². The van der Waals surface area contributed by atoms with Crippen LogP contribution in [0, 0.1) is 23.7 Å². The van der Waals surface area contributed by atoms with Crippen molar-refractivity contribution < 1.29 is 67.4 Å². The number of benzene rings is 3. The molecule has 2 fully saturated rings. The zero-order valence-electron chi connectivity index (χ0n) is 62.3. The number of carbonyl (C=O) groups excluding carboxylic acids is 13. The molecule has 2 aliphatic heterocycles. The number of nitrogens with one attached hydrogen (secondary N) is 7. The third kappa shape index (κ3) is 23.7. The van der Waals surface area contributed by atoms with E-state index in [1.165, 1.54) is 58.9 Å². The summed E-state index contributed by atoms with van der Waals surface area (Å²) < 4.78 is 0. The van der Waals surface area contributed by atoms with Crippen LogP contribution in [0.4, 0.5) is 0 Å². The van der Waals surface area contributed by atoms with Crippen LogP contribution in [-0.4, -0.2) is 239 Å². The number of likely N-dealkylation sites (N-methyl/N-ethyl adjacent to an activating group) is 5. The number of amides is 13. The van der Waals surface area contributed by atoms with E-state index in [9.17, 15) is 48.3 Å². The molecule has 8 N–H and O–H groups in total. The molecule has 0 saturated carbocycles. The van der Waals surface area contributed by atoms with Crippen molar-refractivity contribution in [2.24, 2.45) is 23.7 Å². The minimum Gasteiger partial charge on any atom is -0.391 e. The van der Waals surface area contributed by atoms with Crippen molar-refractivity contribution >= 4 is 76.8 Å². The van der Waals surface area contributed by atoms with E-state index in [1.807, 2.05) is 13.8 Å². The van der Waals surface area contributed by atoms with E-state index in [4.69, 9.17) is 0 Å². The first-order valence-electron chi connectivity index (χ1n) is 35.5. The molecule has 3 aromatic carbocycles. The van der Waals surface area contributed by atoms with E-state index in [0.29, 0.717) is 29.8 Å². The average Bonchev–Trinajstić information content (AvgIpc) is 0.829. The molecule has 2 aliphatic rings. The lowest BCUT2D eigenvalue weighted by molar-refractivity contribution is -0.150. The lowest BCUT2D eigenvalue weighted by atomic mass is 9.96. The number of aliphatic hydroxyl groups excluding tert-OH is 1. The molecule has 12 atom stereocenters. The molecule has 2 saturated heterocycles. The minimum atomic E-state index is -1.85. The standard InChI is InChI=1S/C75H111N13O14/c1-44(2)37-56-69(96)82-63(50(11)89)75(102)86(15)57(40-52-31-23-18-24-32-52)67(94)76-43-61(91)83(12)59(38-45(3)4)73(100)87(16)64(47(7)8)70(97)79-54(39-51-29-21-17-22-30-51)66(93)80-55(42-60(90)77-48(9)65(92)81-62(46(5)6)74(101)85(56)14)72(99)84(13)58(41-53-33-25-19-26-34-53)68(95)78-49(10)71(98)88-35-27-20-28-36-88/h17-19,21-26,29-34,44-50,54-59,62-64,89H,20,27-28,35-43H2,1-16H3,(H,76,94)(H,77,90)(H,78,95)(H,79,97)(H,80,93)(H,81,92)(H,82,96)/t48-,49?,50-,54+,55+,56+,57+,58?,59+,62+,63+,64+/m1/s1. The molecule has 3 aromatic rings. The van der Waals surface area contributed by atoms with Crippen LogP contribution in [0.5, 0.6) is 0 Å². The maximum absolute atomic E-state index is 15.5. The van der Waals surface area contributed by atoms with Crippen molar-refractivity contribution in [2.45, 2.75) is 207 Å². The molecule has 0 bridgehead atoms. The summed E-state index contributed by atoms with van der Waals surface area (Å²) in [6.07, 6.45) is -0.200. The number of piperidine rings is 1. The largest absolute Gasteiger partial charge is 0.391 e. The zero-order valence-corrected chi connectivity index (χ0v) is 62.3. The molecule has 13 amide bonds. The van der Waals surface area contributed by atoms with Gasteiger partial charge in [-0.3, -0.25) is 62.3 Å². The summed E-state index contributed by atoms with van der Waals surface area (Å²) in [5.74, 6) is -12.1. The molecule has 102 heavy (non-hydrogen) atoms. The normalized spacial score (nSPS) is 23.9. The zero-order chi connectivity index (χ0) is 76.0. The van der Waals surface area contributed by atoms with Crippen LogP contribution >= 0.6 is 0 Å². The number of nitrogens with zero attached hydrogens (tertiary/aromatic N) is 6. The highest BCUT2D eigenvalue weighted by molar-refractivity contribution is 6.01. The molecule has 0 radical (unpaired) electrons. The van der Waals surface area contributed by atoms with E-state index in [1.54, 1.807) is 144 Å². The molecule has 0 aromatic heterocycles. The third-order valence-electron chi connectivity index (χ3n) is 18.9. The van der Waals surface area contributed by atoms with Crippen molar-refractivity contribution in [3.05, 3.63) is 108 Å². The summed E-state index contributed by atoms with van der Waals surface area (Å²) in [5, 5.41) is 30.2. The van der Waals surface area contributed by atoms with Gasteiger partial charge in [-0.2, -0.15) is 0 Å². The van der Waals surface area contributed by atoms with Crippen LogP contribution in [0.15, 0.2) is 91.0 Å². The van der Waals surface area contributed by atoms with Crippen molar-refractivity contribution in [1.29, 1.82) is 0 Å². The summed E-state index contributed by atoms with van der Waals surface area (Å²) >= 11 is 0. The third-order valence-corrected chi connectivity index (χ3v) is 18.9. The number of hydrogen-bond acceptors (Lipinski definition) is 14. The van der Waals surface area contributed by atoms with Crippen molar-refractivity contribution in [1.82, 2.24) is 66.6 Å². The SMILES string of the molecule is CC(C)C[C@H]1C(=O)N(C)[C@@H](C(C)C)C(=O)N[C@@H](Cc2ccccc2)C(=O)N[C@H](C(=O)N(C)C(Cc2ccccc2)C(=O)NC(C)C(=O)N2CCCCC2)CC(=O)N[C@H](C)C(=O)N[C@@H](C(C)C)C(=O)N(C)[C@@H](CC(C)C)C(=O)N[C@@H]([C@@H](C)O)C(=O)N(C)[C@@H](Cc2ccccc2)C(=O)NCC(=O)N1C. The fraction of sp³-hybridized carbons (Fsp3) is 0.587. The van der Waals surface area contributed by atoms with Gasteiger partial charge in [0.15, 0.2) is 0 Å². The molecule has 2 unspecified atom stereocenters. The number of carbonyl (C=O) groups is 13. The second-order valence-electron chi connectivity index (χ2n) is 28.8. The quantitative estimate of drug-likeness (QED) is 0.0905. The van der Waals surface area contributed by atoms with Crippen LogP contribution in [0.3, 0.4) is 0 Å². The van der Waals surface area contributed by atoms with Crippen molar-refractivity contribution in [2.75, 3.05) is 54.9 Å². The average molecular weight is 1420 g/mol. The molecule has 2 heterocycles. The maximum atomic E-state index is 15.5. The van der Waals surface area contributed by atoms with Gasteiger partial charge in [0.25, 0.3) is 0 Å². The maximum Gasteiger partial charge on any atom is 0.248 e. The van der Waals surface area contributed by atoms with Gasteiger partial charge < -0.3 is 71.7 Å². The number of hydrogen-bond donors (Lipinski definition) is 8. The Bertz CT molecular complexity index is 3370. The van der Waals surface area contributed by atoms with Gasteiger partial charge in [-0.15, -0.1) is 0 Å². The summed E-state index contributed by atoms with van der Waals surface area (Å²) in [6.45, 7) is 18.4. The Morgan fingerprint density at radius 1 is 0.539 bits per heavy atom. The van der Waals surface area contributed by atoms with Crippen LogP contribution < -0.4 is 37.2 Å². The molecule has 560 valence electrons. The highest BCUT2D eigenvalue weighted by Crippen LogP contribution is 2.22. The van der Waals surface area contributed by atoms with Crippen molar-refractivity contribution in [3.8, 4) is 0 Å². The smallest absolute Gasteiger partial charge is 0.248 e. The topological polar surface area (TPSA) is 346 Å². The van der Waals surface area contributed by atoms with Gasteiger partial charge in [0.2, 0.25) is 76.8 Å². The Balaban J connectivity index is 1.66. The summed E-state index contributed by atoms with van der Waals surface area (Å²) in [7, 11) is 6.75. The first-order valence-corrected chi connectivity index (χ1v) is 35.5. The first kappa shape index (κ1) is 83.4. The molecule has 27 heteroatoms. The number of aliphatic hydroxyl groups is 1. The molecular formula is C75H111N13O14. The monoisotopic (exact) mass is 1420 g/mol. The van der Waals surface area contributed by atoms with E-state index < -0.39 is 168 Å². The first-order chi connectivity index (χ1) is 48.0. The van der Waals surface area contributed by atoms with E-state index in [-0.39, 0.29) is 49.8 Å². The Morgan fingerprint density at radius 3 is 1.58 bits per heavy atom. The van der Waals surface area contributed by atoms with Gasteiger partial charge in [-0.1, -0.05) is 146 Å². The van der Waals surface area contributed by atoms with Gasteiger partial charge in [0.1, 0.15) is 66.5 Å². The second-order valence-corrected chi connectivity index (χ2v) is 28.8. The van der Waals surface area contributed by atoms with Gasteiger partial charge in [0, 0.05) is 67.6 Å². The highest BCUT2D eigenvalue weighted by atomic mass is 16.3. The Hall–Kier alpha value is -9.27. The summed E-state index contributed by atoms with van der Waals surface area (Å²) in [5.41, 5.74) is 1.76. The van der Waals surface area contributed by atoms with Gasteiger partial charge in [-0.05, 0) is 93.2 Å². The molecule has 0 aliphatic carbocycles. The minimum absolute atomic E-state index is 0.0236. The molecule has 27 nitrogen and oxygen atoms in total.